The predicted molar refractivity (Wildman–Crippen MR) is 113 cm³/mol. The van der Waals surface area contributed by atoms with Crippen LogP contribution in [0.25, 0.3) is 0 Å². The van der Waals surface area contributed by atoms with Crippen molar-refractivity contribution in [3.05, 3.63) is 35.1 Å². The zero-order valence-electron chi connectivity index (χ0n) is 18.3. The maximum atomic E-state index is 14.6. The Balaban J connectivity index is 1.82. The number of amides is 1. The van der Waals surface area contributed by atoms with Crippen LogP contribution in [0.15, 0.2) is 18.2 Å². The molecule has 2 aliphatic rings. The molecule has 2 atom stereocenters. The summed E-state index contributed by atoms with van der Waals surface area (Å²) in [5, 5.41) is 0. The Kier molecular flexibility index (Phi) is 5.98. The van der Waals surface area contributed by atoms with Crippen LogP contribution in [0.3, 0.4) is 0 Å². The van der Waals surface area contributed by atoms with E-state index in [-0.39, 0.29) is 23.4 Å². The number of piperidine rings is 1. The van der Waals surface area contributed by atoms with Crippen molar-refractivity contribution in [2.45, 2.75) is 77.2 Å². The summed E-state index contributed by atoms with van der Waals surface area (Å²) in [4.78, 5) is 14.2. The smallest absolute Gasteiger partial charge is 0.410 e. The molecule has 1 aromatic carbocycles. The molecule has 1 amide bonds. The molecule has 0 bridgehead atoms. The Bertz CT molecular complexity index is 764. The van der Waals surface area contributed by atoms with Crippen LogP contribution >= 0.6 is 0 Å². The number of halogens is 1. The number of nitrogens with one attached hydrogen (secondary N) is 1. The lowest BCUT2D eigenvalue weighted by molar-refractivity contribution is 0.00711. The summed E-state index contributed by atoms with van der Waals surface area (Å²) < 4.78 is 35.9. The Morgan fingerprint density at radius 2 is 1.86 bits per heavy atom. The minimum absolute atomic E-state index is 0.200. The number of hydrogen-bond acceptors (Lipinski definition) is 4. The first-order valence-corrected chi connectivity index (χ1v) is 11.4. The number of benzene rings is 1. The van der Waals surface area contributed by atoms with Crippen molar-refractivity contribution < 1.29 is 18.5 Å². The first kappa shape index (κ1) is 22.4. The van der Waals surface area contributed by atoms with Gasteiger partial charge in [-0.2, -0.15) is 0 Å². The second kappa shape index (κ2) is 7.75. The van der Waals surface area contributed by atoms with Gasteiger partial charge in [0.1, 0.15) is 16.2 Å². The Labute approximate surface area is 176 Å². The molecule has 1 aliphatic heterocycles. The van der Waals surface area contributed by atoms with E-state index in [1.54, 1.807) is 11.0 Å². The molecule has 1 saturated heterocycles. The summed E-state index contributed by atoms with van der Waals surface area (Å²) in [5.41, 5.74) is 0.811. The van der Waals surface area contributed by atoms with Crippen LogP contribution in [0.5, 0.6) is 0 Å². The zero-order valence-corrected chi connectivity index (χ0v) is 19.1. The van der Waals surface area contributed by atoms with Crippen LogP contribution in [-0.4, -0.2) is 39.0 Å². The third kappa shape index (κ3) is 4.72. The standard InChI is InChI=1S/C22H33FN2O3S/c1-20(2,3)28-19(26)25-12-10-22(11-13-25)14-16-15(8-7-9-17(16)23)18(22)24-29(27)21(4,5)6/h7-9,18,24H,10-14H2,1-6H3/t18-,29-/m1/s1. The zero-order chi connectivity index (χ0) is 21.6. The van der Waals surface area contributed by atoms with Crippen LogP contribution in [0.4, 0.5) is 9.18 Å². The number of carbonyl (C=O) groups excluding carboxylic acids is 1. The van der Waals surface area contributed by atoms with Crippen molar-refractivity contribution in [3.8, 4) is 0 Å². The van der Waals surface area contributed by atoms with Crippen LogP contribution in [-0.2, 0) is 22.5 Å². The maximum absolute atomic E-state index is 14.6. The van der Waals surface area contributed by atoms with Gasteiger partial charge in [-0.1, -0.05) is 12.1 Å². The lowest BCUT2D eigenvalue weighted by atomic mass is 9.73. The summed E-state index contributed by atoms with van der Waals surface area (Å²) in [6.45, 7) is 12.4. The average molecular weight is 425 g/mol. The van der Waals surface area contributed by atoms with Gasteiger partial charge in [-0.3, -0.25) is 0 Å². The molecule has 1 heterocycles. The van der Waals surface area contributed by atoms with E-state index in [2.05, 4.69) is 4.72 Å². The second-order valence-corrected chi connectivity index (χ2v) is 12.2. The van der Waals surface area contributed by atoms with Gasteiger partial charge in [0.2, 0.25) is 0 Å². The van der Waals surface area contributed by atoms with Crippen molar-refractivity contribution in [1.29, 1.82) is 0 Å². The molecule has 162 valence electrons. The number of likely N-dealkylation sites (tertiary alicyclic amines) is 1. The number of ether oxygens (including phenoxy) is 1. The maximum Gasteiger partial charge on any atom is 0.410 e. The molecule has 29 heavy (non-hydrogen) atoms. The fourth-order valence-electron chi connectivity index (χ4n) is 4.22. The highest BCUT2D eigenvalue weighted by Crippen LogP contribution is 2.53. The van der Waals surface area contributed by atoms with Gasteiger partial charge in [0.25, 0.3) is 0 Å². The van der Waals surface area contributed by atoms with Crippen molar-refractivity contribution in [2.75, 3.05) is 13.1 Å². The Morgan fingerprint density at radius 3 is 2.41 bits per heavy atom. The fraction of sp³-hybridized carbons (Fsp3) is 0.682. The van der Waals surface area contributed by atoms with Gasteiger partial charge in [-0.25, -0.2) is 9.18 Å². The molecule has 1 N–H and O–H groups in total. The number of carbonyl (C=O) groups is 1. The SMILES string of the molecule is CC(C)(C)OC(=O)N1CCC2(CC1)Cc1c(F)cccc1[C@H]2N[S@+]([O-])C(C)(C)C. The topological polar surface area (TPSA) is 64.6 Å². The molecule has 1 spiro atoms. The van der Waals surface area contributed by atoms with E-state index in [1.165, 1.54) is 6.07 Å². The van der Waals surface area contributed by atoms with E-state index >= 15 is 0 Å². The van der Waals surface area contributed by atoms with Gasteiger partial charge in [0.15, 0.2) is 0 Å². The minimum Gasteiger partial charge on any atom is -0.598 e. The number of rotatable bonds is 2. The summed E-state index contributed by atoms with van der Waals surface area (Å²) in [7, 11) is 0. The molecule has 3 rings (SSSR count). The van der Waals surface area contributed by atoms with Gasteiger partial charge in [0.05, 0.1) is 6.04 Å². The lowest BCUT2D eigenvalue weighted by Gasteiger charge is -2.43. The molecule has 1 aliphatic carbocycles. The largest absolute Gasteiger partial charge is 0.598 e. The summed E-state index contributed by atoms with van der Waals surface area (Å²) in [6, 6.07) is 4.95. The number of nitrogens with zero attached hydrogens (tertiary/aromatic N) is 1. The van der Waals surface area contributed by atoms with E-state index in [0.717, 1.165) is 5.56 Å². The molecule has 1 fully saturated rings. The molecular formula is C22H33FN2O3S. The van der Waals surface area contributed by atoms with Crippen molar-refractivity contribution in [2.24, 2.45) is 5.41 Å². The summed E-state index contributed by atoms with van der Waals surface area (Å²) in [6.07, 6.45) is 1.70. The molecule has 0 radical (unpaired) electrons. The number of hydrogen-bond donors (Lipinski definition) is 1. The third-order valence-corrected chi connectivity index (χ3v) is 7.36. The van der Waals surface area contributed by atoms with Gasteiger partial charge in [-0.15, -0.1) is 4.72 Å². The van der Waals surface area contributed by atoms with Gasteiger partial charge >= 0.3 is 6.09 Å². The van der Waals surface area contributed by atoms with Crippen molar-refractivity contribution in [1.82, 2.24) is 9.62 Å². The molecule has 7 heteroatoms. The van der Waals surface area contributed by atoms with E-state index in [4.69, 9.17) is 4.74 Å². The van der Waals surface area contributed by atoms with Crippen LogP contribution in [0, 0.1) is 11.2 Å². The predicted octanol–water partition coefficient (Wildman–Crippen LogP) is 4.49. The highest BCUT2D eigenvalue weighted by atomic mass is 32.2. The average Bonchev–Trinajstić information content (AvgIpc) is 2.88. The third-order valence-electron chi connectivity index (χ3n) is 5.80. The highest BCUT2D eigenvalue weighted by molar-refractivity contribution is 7.90. The first-order chi connectivity index (χ1) is 13.3. The van der Waals surface area contributed by atoms with Crippen molar-refractivity contribution in [3.63, 3.8) is 0 Å². The van der Waals surface area contributed by atoms with Crippen LogP contribution < -0.4 is 4.72 Å². The second-order valence-electron chi connectivity index (χ2n) is 10.2. The Hall–Kier alpha value is -1.31. The highest BCUT2D eigenvalue weighted by Gasteiger charge is 2.51. The van der Waals surface area contributed by atoms with Crippen LogP contribution in [0.2, 0.25) is 0 Å². The molecular weight excluding hydrogens is 391 g/mol. The van der Waals surface area contributed by atoms with Crippen molar-refractivity contribution >= 4 is 17.5 Å². The summed E-state index contributed by atoms with van der Waals surface area (Å²) in [5.74, 6) is -0.206. The van der Waals surface area contributed by atoms with Gasteiger partial charge < -0.3 is 14.2 Å². The van der Waals surface area contributed by atoms with Gasteiger partial charge in [0, 0.05) is 29.9 Å². The molecule has 0 saturated carbocycles. The lowest BCUT2D eigenvalue weighted by Crippen LogP contribution is -2.51. The van der Waals surface area contributed by atoms with E-state index in [9.17, 15) is 13.7 Å². The van der Waals surface area contributed by atoms with E-state index < -0.39 is 21.7 Å². The minimum atomic E-state index is -1.28. The normalized spacial score (nSPS) is 22.5. The van der Waals surface area contributed by atoms with E-state index in [1.807, 2.05) is 47.6 Å². The van der Waals surface area contributed by atoms with Crippen LogP contribution in [0.1, 0.15) is 71.6 Å². The first-order valence-electron chi connectivity index (χ1n) is 10.3. The quantitative estimate of drug-likeness (QED) is 0.711. The monoisotopic (exact) mass is 424 g/mol. The number of fused-ring (bicyclic) bond motifs is 1. The molecule has 5 nitrogen and oxygen atoms in total. The fourth-order valence-corrected chi connectivity index (χ4v) is 5.16. The van der Waals surface area contributed by atoms with E-state index in [0.29, 0.717) is 37.9 Å². The molecule has 0 aromatic heterocycles. The summed E-state index contributed by atoms with van der Waals surface area (Å²) >= 11 is -1.28. The molecule has 0 unspecified atom stereocenters. The Morgan fingerprint density at radius 1 is 1.24 bits per heavy atom. The molecule has 1 aromatic rings. The van der Waals surface area contributed by atoms with Gasteiger partial charge in [-0.05, 0) is 78.0 Å².